The van der Waals surface area contributed by atoms with E-state index >= 15 is 0 Å². The number of hydrogen-bond donors (Lipinski definition) is 1. The summed E-state index contributed by atoms with van der Waals surface area (Å²) in [5.74, 6) is 0.109. The molecule has 0 amide bonds. The van der Waals surface area contributed by atoms with Gasteiger partial charge in [0.1, 0.15) is 0 Å². The highest BCUT2D eigenvalue weighted by molar-refractivity contribution is 5.73. The van der Waals surface area contributed by atoms with Gasteiger partial charge in [0.05, 0.1) is 32.0 Å². The van der Waals surface area contributed by atoms with Crippen LogP contribution in [0.15, 0.2) is 18.3 Å². The molecule has 0 saturated heterocycles. The fourth-order valence-corrected chi connectivity index (χ4v) is 1.36. The number of anilines is 1. The molecule has 0 aliphatic rings. The van der Waals surface area contributed by atoms with Gasteiger partial charge >= 0.3 is 5.97 Å². The lowest BCUT2D eigenvalue weighted by Crippen LogP contribution is -2.30. The van der Waals surface area contributed by atoms with Gasteiger partial charge in [0.15, 0.2) is 0 Å². The summed E-state index contributed by atoms with van der Waals surface area (Å²) in [6.07, 6.45) is 1.67. The largest absolute Gasteiger partial charge is 0.481 e. The molecule has 2 atom stereocenters. The van der Waals surface area contributed by atoms with Crippen molar-refractivity contribution in [1.29, 1.82) is 0 Å². The highest BCUT2D eigenvalue weighted by atomic mass is 16.5. The van der Waals surface area contributed by atoms with Crippen LogP contribution in [0.1, 0.15) is 13.8 Å². The Morgan fingerprint density at radius 1 is 1.35 bits per heavy atom. The molecule has 1 aromatic rings. The van der Waals surface area contributed by atoms with Crippen molar-refractivity contribution in [2.75, 3.05) is 19.5 Å². The van der Waals surface area contributed by atoms with E-state index in [2.05, 4.69) is 10.3 Å². The molecule has 94 valence electrons. The first-order valence-electron chi connectivity index (χ1n) is 5.43. The second-order valence-corrected chi connectivity index (χ2v) is 3.83. The van der Waals surface area contributed by atoms with E-state index in [0.717, 1.165) is 5.69 Å². The van der Waals surface area contributed by atoms with Gasteiger partial charge in [-0.05, 0) is 19.9 Å². The Bertz CT molecular complexity index is 365. The van der Waals surface area contributed by atoms with Crippen molar-refractivity contribution in [2.24, 2.45) is 5.92 Å². The van der Waals surface area contributed by atoms with E-state index < -0.39 is 0 Å². The molecule has 0 aliphatic heterocycles. The molecule has 1 N–H and O–H groups in total. The van der Waals surface area contributed by atoms with Gasteiger partial charge in [-0.2, -0.15) is 0 Å². The Morgan fingerprint density at radius 2 is 2.06 bits per heavy atom. The molecule has 0 radical (unpaired) electrons. The first kappa shape index (κ1) is 13.3. The summed E-state index contributed by atoms with van der Waals surface area (Å²) in [4.78, 5) is 15.4. The summed E-state index contributed by atoms with van der Waals surface area (Å²) >= 11 is 0. The van der Waals surface area contributed by atoms with Crippen molar-refractivity contribution in [3.63, 3.8) is 0 Å². The van der Waals surface area contributed by atoms with Gasteiger partial charge in [-0.25, -0.2) is 4.98 Å². The quantitative estimate of drug-likeness (QED) is 0.791. The van der Waals surface area contributed by atoms with Crippen LogP contribution in [0.4, 0.5) is 5.69 Å². The molecule has 0 aromatic carbocycles. The lowest BCUT2D eigenvalue weighted by Gasteiger charge is -2.20. The highest BCUT2D eigenvalue weighted by Crippen LogP contribution is 2.15. The van der Waals surface area contributed by atoms with E-state index in [1.54, 1.807) is 19.4 Å². The second-order valence-electron chi connectivity index (χ2n) is 3.83. The molecule has 0 aliphatic carbocycles. The van der Waals surface area contributed by atoms with Crippen LogP contribution in [0.5, 0.6) is 5.88 Å². The van der Waals surface area contributed by atoms with Crippen LogP contribution in [0.25, 0.3) is 0 Å². The molecule has 0 saturated carbocycles. The molecule has 5 heteroatoms. The predicted molar refractivity (Wildman–Crippen MR) is 65.1 cm³/mol. The van der Waals surface area contributed by atoms with E-state index in [1.807, 2.05) is 19.9 Å². The monoisotopic (exact) mass is 238 g/mol. The highest BCUT2D eigenvalue weighted by Gasteiger charge is 2.20. The zero-order chi connectivity index (χ0) is 12.8. The van der Waals surface area contributed by atoms with Crippen LogP contribution in [-0.2, 0) is 9.53 Å². The molecule has 1 heterocycles. The zero-order valence-electron chi connectivity index (χ0n) is 10.6. The molecule has 1 aromatic heterocycles. The van der Waals surface area contributed by atoms with Gasteiger partial charge < -0.3 is 14.8 Å². The third kappa shape index (κ3) is 3.62. The standard InChI is InChI=1S/C12H18N2O3/c1-8(12(15)17-4)9(2)14-10-5-6-11(16-3)13-7-10/h5-9,14H,1-4H3. The molecule has 2 unspecified atom stereocenters. The minimum atomic E-state index is -0.230. The van der Waals surface area contributed by atoms with Crippen LogP contribution in [-0.4, -0.2) is 31.2 Å². The van der Waals surface area contributed by atoms with E-state index in [1.165, 1.54) is 7.11 Å². The van der Waals surface area contributed by atoms with Crippen LogP contribution in [0, 0.1) is 5.92 Å². The van der Waals surface area contributed by atoms with E-state index in [9.17, 15) is 4.79 Å². The molecular weight excluding hydrogens is 220 g/mol. The summed E-state index contributed by atoms with van der Waals surface area (Å²) < 4.78 is 9.66. The van der Waals surface area contributed by atoms with Gasteiger partial charge in [0.25, 0.3) is 0 Å². The third-order valence-electron chi connectivity index (χ3n) is 2.66. The van der Waals surface area contributed by atoms with Crippen LogP contribution >= 0.6 is 0 Å². The molecule has 0 fully saturated rings. The number of rotatable bonds is 5. The number of methoxy groups -OCH3 is 2. The van der Waals surface area contributed by atoms with Crippen molar-refractivity contribution in [2.45, 2.75) is 19.9 Å². The topological polar surface area (TPSA) is 60.5 Å². The van der Waals surface area contributed by atoms with E-state index in [-0.39, 0.29) is 17.9 Å². The molecular formula is C12H18N2O3. The molecule has 0 bridgehead atoms. The van der Waals surface area contributed by atoms with E-state index in [4.69, 9.17) is 9.47 Å². The zero-order valence-corrected chi connectivity index (χ0v) is 10.6. The number of esters is 1. The average molecular weight is 238 g/mol. The number of nitrogens with one attached hydrogen (secondary N) is 1. The summed E-state index contributed by atoms with van der Waals surface area (Å²) in [5, 5.41) is 3.19. The second kappa shape index (κ2) is 6.08. The maximum atomic E-state index is 11.3. The summed E-state index contributed by atoms with van der Waals surface area (Å²) in [5.41, 5.74) is 0.842. The van der Waals surface area contributed by atoms with Gasteiger partial charge in [-0.15, -0.1) is 0 Å². The first-order valence-corrected chi connectivity index (χ1v) is 5.43. The number of carbonyl (C=O) groups excluding carboxylic acids is 1. The summed E-state index contributed by atoms with van der Waals surface area (Å²) in [7, 11) is 2.96. The van der Waals surface area contributed by atoms with Gasteiger partial charge in [0.2, 0.25) is 5.88 Å². The molecule has 1 rings (SSSR count). The summed E-state index contributed by atoms with van der Waals surface area (Å²) in [6, 6.07) is 3.59. The maximum absolute atomic E-state index is 11.3. The maximum Gasteiger partial charge on any atom is 0.310 e. The number of pyridine rings is 1. The Morgan fingerprint density at radius 3 is 2.53 bits per heavy atom. The molecule has 5 nitrogen and oxygen atoms in total. The fraction of sp³-hybridized carbons (Fsp3) is 0.500. The van der Waals surface area contributed by atoms with Crippen LogP contribution in [0.2, 0.25) is 0 Å². The predicted octanol–water partition coefficient (Wildman–Crippen LogP) is 1.70. The van der Waals surface area contributed by atoms with Gasteiger partial charge in [-0.1, -0.05) is 0 Å². The average Bonchev–Trinajstić information content (AvgIpc) is 2.37. The van der Waals surface area contributed by atoms with Crippen LogP contribution in [0.3, 0.4) is 0 Å². The minimum absolute atomic E-state index is 0.0300. The SMILES string of the molecule is COC(=O)C(C)C(C)Nc1ccc(OC)nc1. The van der Waals surface area contributed by atoms with Crippen molar-refractivity contribution >= 4 is 11.7 Å². The molecule has 0 spiro atoms. The Balaban J connectivity index is 2.60. The van der Waals surface area contributed by atoms with Crippen molar-refractivity contribution in [3.8, 4) is 5.88 Å². The number of ether oxygens (including phenoxy) is 2. The lowest BCUT2D eigenvalue weighted by atomic mass is 10.0. The molecule has 17 heavy (non-hydrogen) atoms. The first-order chi connectivity index (χ1) is 8.08. The van der Waals surface area contributed by atoms with Gasteiger partial charge in [-0.3, -0.25) is 4.79 Å². The number of nitrogens with zero attached hydrogens (tertiary/aromatic N) is 1. The van der Waals surface area contributed by atoms with Crippen molar-refractivity contribution in [1.82, 2.24) is 4.98 Å². The Kier molecular flexibility index (Phi) is 4.75. The van der Waals surface area contributed by atoms with Crippen molar-refractivity contribution in [3.05, 3.63) is 18.3 Å². The van der Waals surface area contributed by atoms with E-state index in [0.29, 0.717) is 5.88 Å². The van der Waals surface area contributed by atoms with Gasteiger partial charge in [0, 0.05) is 12.1 Å². The third-order valence-corrected chi connectivity index (χ3v) is 2.66. The fourth-order valence-electron chi connectivity index (χ4n) is 1.36. The lowest BCUT2D eigenvalue weighted by molar-refractivity contribution is -0.145. The number of hydrogen-bond acceptors (Lipinski definition) is 5. The normalized spacial score (nSPS) is 13.6. The van der Waals surface area contributed by atoms with Crippen LogP contribution < -0.4 is 10.1 Å². The minimum Gasteiger partial charge on any atom is -0.481 e. The smallest absolute Gasteiger partial charge is 0.310 e. The Labute approximate surface area is 101 Å². The van der Waals surface area contributed by atoms with Crippen molar-refractivity contribution < 1.29 is 14.3 Å². The Hall–Kier alpha value is -1.78. The number of aromatic nitrogens is 1. The summed E-state index contributed by atoms with van der Waals surface area (Å²) in [6.45, 7) is 3.74. The number of carbonyl (C=O) groups is 1.